The fourth-order valence-corrected chi connectivity index (χ4v) is 5.39. The average Bonchev–Trinajstić information content (AvgIpc) is 3.19. The summed E-state index contributed by atoms with van der Waals surface area (Å²) in [6.07, 6.45) is 5.09. The minimum atomic E-state index is -0.822. The molecule has 32 heavy (non-hydrogen) atoms. The Balaban J connectivity index is 1.69. The van der Waals surface area contributed by atoms with E-state index < -0.39 is 5.41 Å². The van der Waals surface area contributed by atoms with Crippen molar-refractivity contribution >= 4 is 27.6 Å². The molecule has 0 saturated carbocycles. The van der Waals surface area contributed by atoms with Gasteiger partial charge < -0.3 is 9.30 Å². The highest BCUT2D eigenvalue weighted by molar-refractivity contribution is 6.08. The number of pyridine rings is 3. The molecule has 160 valence electrons. The van der Waals surface area contributed by atoms with Crippen LogP contribution in [-0.4, -0.2) is 20.5 Å². The number of ether oxygens (including phenoxy) is 1. The molecule has 5 heterocycles. The Morgan fingerprint density at radius 1 is 1.16 bits per heavy atom. The molecule has 6 nitrogen and oxygen atoms in total. The zero-order valence-corrected chi connectivity index (χ0v) is 18.4. The maximum absolute atomic E-state index is 13.5. The summed E-state index contributed by atoms with van der Waals surface area (Å²) in [5, 5.41) is 3.32. The summed E-state index contributed by atoms with van der Waals surface area (Å²) in [5.41, 5.74) is 5.29. The molecule has 3 aromatic heterocycles. The van der Waals surface area contributed by atoms with E-state index in [-0.39, 0.29) is 18.1 Å². The molecule has 4 aromatic rings. The first kappa shape index (κ1) is 19.2. The minimum absolute atomic E-state index is 0.0333. The van der Waals surface area contributed by atoms with Crippen molar-refractivity contribution < 1.29 is 9.53 Å². The third-order valence-corrected chi connectivity index (χ3v) is 7.40. The van der Waals surface area contributed by atoms with Crippen molar-refractivity contribution in [1.82, 2.24) is 14.5 Å². The molecule has 0 fully saturated rings. The number of carbonyl (C=O) groups excluding carboxylic acids is 1. The van der Waals surface area contributed by atoms with Crippen molar-refractivity contribution in [2.45, 2.75) is 52.2 Å². The van der Waals surface area contributed by atoms with Gasteiger partial charge in [-0.15, -0.1) is 0 Å². The number of aromatic nitrogens is 3. The zero-order valence-electron chi connectivity index (χ0n) is 18.4. The van der Waals surface area contributed by atoms with Crippen LogP contribution in [0.4, 0.5) is 0 Å². The van der Waals surface area contributed by atoms with Gasteiger partial charge in [0, 0.05) is 28.7 Å². The van der Waals surface area contributed by atoms with Gasteiger partial charge in [-0.25, -0.2) is 4.98 Å². The molecule has 0 aliphatic carbocycles. The second-order valence-electron chi connectivity index (χ2n) is 8.90. The van der Waals surface area contributed by atoms with Crippen LogP contribution < -0.4 is 5.56 Å². The third-order valence-electron chi connectivity index (χ3n) is 7.40. The Morgan fingerprint density at radius 2 is 2.00 bits per heavy atom. The molecule has 0 bridgehead atoms. The van der Waals surface area contributed by atoms with E-state index in [0.717, 1.165) is 50.6 Å². The first-order valence-corrected chi connectivity index (χ1v) is 11.1. The van der Waals surface area contributed by atoms with Gasteiger partial charge >= 0.3 is 5.97 Å². The summed E-state index contributed by atoms with van der Waals surface area (Å²) in [7, 11) is 0. The van der Waals surface area contributed by atoms with Gasteiger partial charge in [0.05, 0.1) is 34.4 Å². The maximum Gasteiger partial charge on any atom is 0.316 e. The van der Waals surface area contributed by atoms with Gasteiger partial charge in [-0.2, -0.15) is 0 Å². The molecular weight excluding hydrogens is 402 g/mol. The number of esters is 1. The van der Waals surface area contributed by atoms with E-state index in [4.69, 9.17) is 9.72 Å². The van der Waals surface area contributed by atoms with Crippen molar-refractivity contribution in [3.8, 4) is 11.4 Å². The van der Waals surface area contributed by atoms with Gasteiger partial charge in [0.15, 0.2) is 0 Å². The van der Waals surface area contributed by atoms with E-state index >= 15 is 0 Å². The van der Waals surface area contributed by atoms with Crippen LogP contribution in [0, 0.1) is 0 Å². The standard InChI is InChI=1S/C26H23N3O3/c1-4-15-17-12-29-21(10-19-18(24(29)30)13-32-25(31)26(19,3)5-2)23(17)28-20-7-6-14-8-9-27-11-16(14)22(15)20/h6-11H,4-5,12-13H2,1-3H3/t26-/m1/s1. The lowest BCUT2D eigenvalue weighted by Gasteiger charge is -2.33. The van der Waals surface area contributed by atoms with Crippen LogP contribution in [0.5, 0.6) is 0 Å². The molecule has 1 atom stereocenters. The van der Waals surface area contributed by atoms with Crippen LogP contribution in [-0.2, 0) is 34.5 Å². The number of nitrogens with zero attached hydrogens (tertiary/aromatic N) is 3. The highest BCUT2D eigenvalue weighted by Gasteiger charge is 2.43. The maximum atomic E-state index is 13.5. The molecule has 0 radical (unpaired) electrons. The molecule has 0 unspecified atom stereocenters. The summed E-state index contributed by atoms with van der Waals surface area (Å²) < 4.78 is 7.21. The third kappa shape index (κ3) is 2.29. The molecule has 0 N–H and O–H groups in total. The smallest absolute Gasteiger partial charge is 0.316 e. The number of fused-ring (bicyclic) bond motifs is 7. The number of hydrogen-bond donors (Lipinski definition) is 0. The predicted molar refractivity (Wildman–Crippen MR) is 123 cm³/mol. The molecule has 6 heteroatoms. The Bertz CT molecular complexity index is 1540. The number of benzene rings is 1. The van der Waals surface area contributed by atoms with Gasteiger partial charge in [0.2, 0.25) is 0 Å². The van der Waals surface area contributed by atoms with Crippen LogP contribution in [0.1, 0.15) is 49.4 Å². The topological polar surface area (TPSA) is 74.1 Å². The normalized spacial score (nSPS) is 19.0. The molecule has 1 aromatic carbocycles. The summed E-state index contributed by atoms with van der Waals surface area (Å²) in [4.78, 5) is 35.5. The predicted octanol–water partition coefficient (Wildman–Crippen LogP) is 4.26. The van der Waals surface area contributed by atoms with E-state index in [9.17, 15) is 9.59 Å². The Morgan fingerprint density at radius 3 is 2.78 bits per heavy atom. The van der Waals surface area contributed by atoms with Crippen molar-refractivity contribution in [2.24, 2.45) is 0 Å². The SMILES string of the molecule is CCc1c2c(nc3ccc4ccncc4c13)-c1cc3c(c(=O)n1C2)COC(=O)[C@]3(C)CC. The van der Waals surface area contributed by atoms with E-state index in [1.807, 2.05) is 38.2 Å². The Kier molecular flexibility index (Phi) is 3.88. The average molecular weight is 425 g/mol. The highest BCUT2D eigenvalue weighted by Crippen LogP contribution is 2.42. The van der Waals surface area contributed by atoms with Gasteiger partial charge in [0.1, 0.15) is 6.61 Å². The second kappa shape index (κ2) is 6.48. The fraction of sp³-hybridized carbons (Fsp3) is 0.308. The monoisotopic (exact) mass is 425 g/mol. The summed E-state index contributed by atoms with van der Waals surface area (Å²) in [6.45, 7) is 6.48. The Hall–Kier alpha value is -3.54. The molecule has 0 saturated heterocycles. The highest BCUT2D eigenvalue weighted by atomic mass is 16.5. The number of rotatable bonds is 2. The van der Waals surface area contributed by atoms with Crippen LogP contribution in [0.2, 0.25) is 0 Å². The molecular formula is C26H23N3O3. The van der Waals surface area contributed by atoms with Crippen LogP contribution >= 0.6 is 0 Å². The second-order valence-corrected chi connectivity index (χ2v) is 8.90. The summed E-state index contributed by atoms with van der Waals surface area (Å²) in [5.74, 6) is -0.269. The van der Waals surface area contributed by atoms with Crippen LogP contribution in [0.15, 0.2) is 41.5 Å². The number of aryl methyl sites for hydroxylation is 1. The molecule has 0 spiro atoms. The largest absolute Gasteiger partial charge is 0.460 e. The molecule has 2 aliphatic rings. The van der Waals surface area contributed by atoms with Crippen LogP contribution in [0.25, 0.3) is 33.1 Å². The van der Waals surface area contributed by atoms with Gasteiger partial charge in [-0.3, -0.25) is 14.6 Å². The molecule has 2 aliphatic heterocycles. The Labute approximate surface area is 184 Å². The lowest BCUT2D eigenvalue weighted by molar-refractivity contribution is -0.153. The first-order valence-electron chi connectivity index (χ1n) is 11.1. The summed E-state index contributed by atoms with van der Waals surface area (Å²) >= 11 is 0. The number of carbonyl (C=O) groups is 1. The van der Waals surface area contributed by atoms with E-state index in [1.165, 1.54) is 5.56 Å². The van der Waals surface area contributed by atoms with E-state index in [1.54, 1.807) is 10.8 Å². The molecule has 6 rings (SSSR count). The fourth-order valence-electron chi connectivity index (χ4n) is 5.39. The van der Waals surface area contributed by atoms with Gasteiger partial charge in [0.25, 0.3) is 5.56 Å². The first-order chi connectivity index (χ1) is 15.5. The van der Waals surface area contributed by atoms with Crippen molar-refractivity contribution in [1.29, 1.82) is 0 Å². The van der Waals surface area contributed by atoms with Crippen LogP contribution in [0.3, 0.4) is 0 Å². The lowest BCUT2D eigenvalue weighted by Crippen LogP contribution is -2.42. The van der Waals surface area contributed by atoms with E-state index in [0.29, 0.717) is 18.5 Å². The van der Waals surface area contributed by atoms with Crippen molar-refractivity contribution in [3.05, 3.63) is 69.3 Å². The van der Waals surface area contributed by atoms with Crippen molar-refractivity contribution in [3.63, 3.8) is 0 Å². The van der Waals surface area contributed by atoms with E-state index in [2.05, 4.69) is 18.0 Å². The van der Waals surface area contributed by atoms with Gasteiger partial charge in [-0.05, 0) is 54.5 Å². The number of hydrogen-bond acceptors (Lipinski definition) is 5. The number of cyclic esters (lactones) is 1. The summed E-state index contributed by atoms with van der Waals surface area (Å²) in [6, 6.07) is 8.13. The lowest BCUT2D eigenvalue weighted by atomic mass is 9.76. The van der Waals surface area contributed by atoms with Gasteiger partial charge in [-0.1, -0.05) is 19.9 Å². The van der Waals surface area contributed by atoms with Crippen molar-refractivity contribution in [2.75, 3.05) is 0 Å². The minimum Gasteiger partial charge on any atom is -0.460 e. The molecule has 0 amide bonds. The quantitative estimate of drug-likeness (QED) is 0.312. The zero-order chi connectivity index (χ0) is 22.2.